The number of ether oxygens (including phenoxy) is 1. The van der Waals surface area contributed by atoms with Crippen molar-refractivity contribution in [2.45, 2.75) is 38.2 Å². The molecule has 5 rings (SSSR count). The maximum atomic E-state index is 13.2. The van der Waals surface area contributed by atoms with Gasteiger partial charge >= 0.3 is 0 Å². The van der Waals surface area contributed by atoms with Crippen LogP contribution in [-0.2, 0) is 4.74 Å². The van der Waals surface area contributed by atoms with E-state index in [0.29, 0.717) is 23.4 Å². The van der Waals surface area contributed by atoms with Crippen LogP contribution in [0.15, 0.2) is 72.8 Å². The molecule has 36 heavy (non-hydrogen) atoms. The first-order chi connectivity index (χ1) is 17.7. The number of nitrogens with zero attached hydrogens (tertiary/aromatic N) is 1. The van der Waals surface area contributed by atoms with Crippen LogP contribution >= 0.6 is 0 Å². The Morgan fingerprint density at radius 2 is 1.58 bits per heavy atom. The molecule has 0 radical (unpaired) electrons. The van der Waals surface area contributed by atoms with E-state index in [1.165, 1.54) is 6.42 Å². The first-order valence-corrected chi connectivity index (χ1v) is 12.9. The molecule has 1 atom stereocenters. The van der Waals surface area contributed by atoms with Crippen molar-refractivity contribution >= 4 is 23.2 Å². The molecule has 2 amide bonds. The van der Waals surface area contributed by atoms with E-state index in [0.717, 1.165) is 62.2 Å². The molecule has 2 aliphatic rings. The topological polar surface area (TPSA) is 70.7 Å². The van der Waals surface area contributed by atoms with Gasteiger partial charge in [-0.05, 0) is 73.6 Å². The second-order valence-corrected chi connectivity index (χ2v) is 9.52. The van der Waals surface area contributed by atoms with E-state index in [1.54, 1.807) is 6.07 Å². The fourth-order valence-electron chi connectivity index (χ4n) is 4.96. The standard InChI is InChI=1S/C30H33N3O3/c34-29(24-13-11-23(12-14-24)22-8-3-1-4-9-22)32-25-15-16-28(33-17-5-2-6-18-33)27(20-25)30(35)31-21-26-10-7-19-36-26/h1,3-4,8-9,11-16,20,26H,2,5-7,10,17-19,21H2,(H,31,35)(H,32,34). The highest BCUT2D eigenvalue weighted by atomic mass is 16.5. The summed E-state index contributed by atoms with van der Waals surface area (Å²) < 4.78 is 5.67. The Labute approximate surface area is 212 Å². The number of carbonyl (C=O) groups is 2. The van der Waals surface area contributed by atoms with Crippen LogP contribution in [-0.4, -0.2) is 44.2 Å². The van der Waals surface area contributed by atoms with Crippen molar-refractivity contribution in [3.63, 3.8) is 0 Å². The van der Waals surface area contributed by atoms with Crippen LogP contribution in [0.3, 0.4) is 0 Å². The van der Waals surface area contributed by atoms with E-state index < -0.39 is 0 Å². The quantitative estimate of drug-likeness (QED) is 0.465. The molecule has 0 bridgehead atoms. The summed E-state index contributed by atoms with van der Waals surface area (Å²) in [5.41, 5.74) is 4.85. The summed E-state index contributed by atoms with van der Waals surface area (Å²) in [5.74, 6) is -0.333. The zero-order valence-electron chi connectivity index (χ0n) is 20.5. The highest BCUT2D eigenvalue weighted by Crippen LogP contribution is 2.28. The lowest BCUT2D eigenvalue weighted by Gasteiger charge is -2.30. The molecule has 6 nitrogen and oxygen atoms in total. The molecule has 3 aromatic rings. The molecule has 0 aromatic heterocycles. The Morgan fingerprint density at radius 3 is 2.31 bits per heavy atom. The van der Waals surface area contributed by atoms with E-state index in [4.69, 9.17) is 4.74 Å². The van der Waals surface area contributed by atoms with Gasteiger partial charge in [-0.2, -0.15) is 0 Å². The van der Waals surface area contributed by atoms with Crippen molar-refractivity contribution in [1.82, 2.24) is 5.32 Å². The molecule has 2 saturated heterocycles. The van der Waals surface area contributed by atoms with Crippen LogP contribution < -0.4 is 15.5 Å². The van der Waals surface area contributed by atoms with Crippen molar-refractivity contribution < 1.29 is 14.3 Å². The van der Waals surface area contributed by atoms with Crippen LogP contribution in [0, 0.1) is 0 Å². The molecule has 0 aliphatic carbocycles. The Bertz CT molecular complexity index is 1180. The van der Waals surface area contributed by atoms with Crippen molar-refractivity contribution in [2.24, 2.45) is 0 Å². The summed E-state index contributed by atoms with van der Waals surface area (Å²) in [6.07, 6.45) is 5.54. The van der Waals surface area contributed by atoms with Crippen LogP contribution in [0.4, 0.5) is 11.4 Å². The second kappa shape index (κ2) is 11.4. The van der Waals surface area contributed by atoms with Gasteiger partial charge in [-0.1, -0.05) is 42.5 Å². The van der Waals surface area contributed by atoms with Crippen LogP contribution in [0.5, 0.6) is 0 Å². The normalized spacial score (nSPS) is 17.6. The predicted octanol–water partition coefficient (Wildman–Crippen LogP) is 5.51. The second-order valence-electron chi connectivity index (χ2n) is 9.52. The average Bonchev–Trinajstić information content (AvgIpc) is 3.46. The summed E-state index contributed by atoms with van der Waals surface area (Å²) in [6.45, 7) is 3.13. The maximum absolute atomic E-state index is 13.2. The van der Waals surface area contributed by atoms with Gasteiger partial charge in [0.25, 0.3) is 11.8 Å². The van der Waals surface area contributed by atoms with Gasteiger partial charge < -0.3 is 20.3 Å². The zero-order valence-corrected chi connectivity index (χ0v) is 20.5. The third-order valence-corrected chi connectivity index (χ3v) is 6.96. The van der Waals surface area contributed by atoms with E-state index in [1.807, 2.05) is 66.7 Å². The molecule has 3 aromatic carbocycles. The lowest BCUT2D eigenvalue weighted by Crippen LogP contribution is -2.35. The van der Waals surface area contributed by atoms with E-state index in [9.17, 15) is 9.59 Å². The molecular formula is C30H33N3O3. The summed E-state index contributed by atoms with van der Waals surface area (Å²) in [6, 6.07) is 23.3. The van der Waals surface area contributed by atoms with Gasteiger partial charge in [0.15, 0.2) is 0 Å². The Morgan fingerprint density at radius 1 is 0.833 bits per heavy atom. The fraction of sp³-hybridized carbons (Fsp3) is 0.333. The molecule has 2 N–H and O–H groups in total. The van der Waals surface area contributed by atoms with Crippen LogP contribution in [0.1, 0.15) is 52.8 Å². The third kappa shape index (κ3) is 5.77. The number of anilines is 2. The Kier molecular flexibility index (Phi) is 7.62. The Balaban J connectivity index is 1.32. The van der Waals surface area contributed by atoms with E-state index >= 15 is 0 Å². The molecule has 6 heteroatoms. The van der Waals surface area contributed by atoms with Crippen molar-refractivity contribution in [3.8, 4) is 11.1 Å². The first-order valence-electron chi connectivity index (χ1n) is 12.9. The molecular weight excluding hydrogens is 450 g/mol. The summed E-state index contributed by atoms with van der Waals surface area (Å²) in [4.78, 5) is 28.5. The zero-order chi connectivity index (χ0) is 24.7. The SMILES string of the molecule is O=C(Nc1ccc(N2CCCCC2)c(C(=O)NCC2CCCO2)c1)c1ccc(-c2ccccc2)cc1. The number of piperidine rings is 1. The van der Waals surface area contributed by atoms with Gasteiger partial charge in [-0.3, -0.25) is 9.59 Å². The summed E-state index contributed by atoms with van der Waals surface area (Å²) in [7, 11) is 0. The molecule has 0 spiro atoms. The molecule has 186 valence electrons. The molecule has 2 aliphatic heterocycles. The number of amides is 2. The van der Waals surface area contributed by atoms with Crippen LogP contribution in [0.2, 0.25) is 0 Å². The molecule has 0 saturated carbocycles. The van der Waals surface area contributed by atoms with Gasteiger partial charge in [0.05, 0.1) is 11.7 Å². The number of hydrogen-bond acceptors (Lipinski definition) is 4. The minimum atomic E-state index is -0.203. The fourth-order valence-corrected chi connectivity index (χ4v) is 4.96. The van der Waals surface area contributed by atoms with E-state index in [2.05, 4.69) is 15.5 Å². The minimum absolute atomic E-state index is 0.0779. The highest BCUT2D eigenvalue weighted by molar-refractivity contribution is 6.06. The number of rotatable bonds is 7. The largest absolute Gasteiger partial charge is 0.376 e. The van der Waals surface area contributed by atoms with Gasteiger partial charge in [-0.15, -0.1) is 0 Å². The smallest absolute Gasteiger partial charge is 0.255 e. The molecule has 1 unspecified atom stereocenters. The summed E-state index contributed by atoms with van der Waals surface area (Å²) >= 11 is 0. The van der Waals surface area contributed by atoms with Crippen LogP contribution in [0.25, 0.3) is 11.1 Å². The number of nitrogens with one attached hydrogen (secondary N) is 2. The third-order valence-electron chi connectivity index (χ3n) is 6.96. The maximum Gasteiger partial charge on any atom is 0.255 e. The number of carbonyl (C=O) groups excluding carboxylic acids is 2. The number of hydrogen-bond donors (Lipinski definition) is 2. The van der Waals surface area contributed by atoms with Crippen molar-refractivity contribution in [3.05, 3.63) is 83.9 Å². The highest BCUT2D eigenvalue weighted by Gasteiger charge is 2.22. The monoisotopic (exact) mass is 483 g/mol. The number of benzene rings is 3. The van der Waals surface area contributed by atoms with Gasteiger partial charge in [0.2, 0.25) is 0 Å². The average molecular weight is 484 g/mol. The lowest BCUT2D eigenvalue weighted by molar-refractivity contribution is 0.0858. The lowest BCUT2D eigenvalue weighted by atomic mass is 10.0. The van der Waals surface area contributed by atoms with Gasteiger partial charge in [-0.25, -0.2) is 0 Å². The van der Waals surface area contributed by atoms with E-state index in [-0.39, 0.29) is 17.9 Å². The minimum Gasteiger partial charge on any atom is -0.376 e. The predicted molar refractivity (Wildman–Crippen MR) is 144 cm³/mol. The van der Waals surface area contributed by atoms with Crippen molar-refractivity contribution in [2.75, 3.05) is 36.5 Å². The molecule has 2 fully saturated rings. The van der Waals surface area contributed by atoms with Gasteiger partial charge in [0.1, 0.15) is 0 Å². The Hall–Kier alpha value is -3.64. The molecule has 2 heterocycles. The first kappa shape index (κ1) is 24.1. The van der Waals surface area contributed by atoms with Crippen molar-refractivity contribution in [1.29, 1.82) is 0 Å². The summed E-state index contributed by atoms with van der Waals surface area (Å²) in [5, 5.41) is 6.03. The van der Waals surface area contributed by atoms with Gasteiger partial charge in [0, 0.05) is 43.2 Å².